The molecule has 0 aromatic heterocycles. The summed E-state index contributed by atoms with van der Waals surface area (Å²) in [7, 11) is 0. The Labute approximate surface area is 188 Å². The SMILES string of the molecule is CCCCC1CCC(C(=O)Nc2ccc3c(c2)OCC(=O)N3Cc2ccc(F)cc2)CC1. The number of hydrogen-bond acceptors (Lipinski definition) is 3. The minimum atomic E-state index is -0.308. The summed E-state index contributed by atoms with van der Waals surface area (Å²) in [5.74, 6) is 0.986. The van der Waals surface area contributed by atoms with Crippen molar-refractivity contribution in [3.63, 3.8) is 0 Å². The molecule has 1 aliphatic carbocycles. The number of rotatable bonds is 7. The number of halogens is 1. The van der Waals surface area contributed by atoms with Gasteiger partial charge in [-0.1, -0.05) is 38.3 Å². The van der Waals surface area contributed by atoms with Crippen LogP contribution in [0.1, 0.15) is 57.4 Å². The molecule has 4 rings (SSSR count). The fourth-order valence-corrected chi connectivity index (χ4v) is 4.68. The summed E-state index contributed by atoms with van der Waals surface area (Å²) in [6.45, 7) is 2.50. The summed E-state index contributed by atoms with van der Waals surface area (Å²) in [6, 6.07) is 11.5. The Morgan fingerprint density at radius 3 is 2.59 bits per heavy atom. The van der Waals surface area contributed by atoms with E-state index in [1.165, 1.54) is 31.4 Å². The maximum Gasteiger partial charge on any atom is 0.265 e. The molecule has 2 aromatic rings. The number of amides is 2. The van der Waals surface area contributed by atoms with E-state index >= 15 is 0 Å². The van der Waals surface area contributed by atoms with Gasteiger partial charge >= 0.3 is 0 Å². The van der Waals surface area contributed by atoms with Gasteiger partial charge in [-0.05, 0) is 61.4 Å². The highest BCUT2D eigenvalue weighted by atomic mass is 19.1. The van der Waals surface area contributed by atoms with Gasteiger partial charge in [0.1, 0.15) is 11.6 Å². The fraction of sp³-hybridized carbons (Fsp3) is 0.462. The molecule has 0 spiro atoms. The van der Waals surface area contributed by atoms with E-state index in [2.05, 4.69) is 12.2 Å². The van der Waals surface area contributed by atoms with Crippen LogP contribution >= 0.6 is 0 Å². The van der Waals surface area contributed by atoms with Crippen molar-refractivity contribution in [3.05, 3.63) is 53.8 Å². The molecule has 2 aliphatic rings. The zero-order chi connectivity index (χ0) is 22.5. The van der Waals surface area contributed by atoms with Crippen LogP contribution in [-0.4, -0.2) is 18.4 Å². The molecule has 0 radical (unpaired) electrons. The highest BCUT2D eigenvalue weighted by Gasteiger charge is 2.28. The number of carbonyl (C=O) groups is 2. The highest BCUT2D eigenvalue weighted by molar-refractivity contribution is 5.99. The lowest BCUT2D eigenvalue weighted by atomic mass is 9.79. The molecule has 2 aromatic carbocycles. The lowest BCUT2D eigenvalue weighted by molar-refractivity contribution is -0.122. The molecule has 1 saturated carbocycles. The molecule has 0 unspecified atom stereocenters. The monoisotopic (exact) mass is 438 g/mol. The van der Waals surface area contributed by atoms with E-state index in [4.69, 9.17) is 4.74 Å². The molecule has 0 atom stereocenters. The maximum atomic E-state index is 13.2. The first kappa shape index (κ1) is 22.3. The van der Waals surface area contributed by atoms with Gasteiger partial charge in [-0.3, -0.25) is 9.59 Å². The van der Waals surface area contributed by atoms with E-state index in [1.54, 1.807) is 29.2 Å². The summed E-state index contributed by atoms with van der Waals surface area (Å²) in [5, 5.41) is 3.04. The average molecular weight is 439 g/mol. The van der Waals surface area contributed by atoms with Crippen molar-refractivity contribution in [2.45, 2.75) is 58.4 Å². The smallest absolute Gasteiger partial charge is 0.265 e. The standard InChI is InChI=1S/C26H31FN2O3/c1-2-3-4-18-5-9-20(10-6-18)26(31)28-22-13-14-23-24(15-22)32-17-25(30)29(23)16-19-7-11-21(27)12-8-19/h7-8,11-15,18,20H,2-6,9-10,16-17H2,1H3,(H,28,31). The Morgan fingerprint density at radius 2 is 1.88 bits per heavy atom. The molecule has 1 N–H and O–H groups in total. The first-order valence-electron chi connectivity index (χ1n) is 11.7. The van der Waals surface area contributed by atoms with Crippen molar-refractivity contribution in [2.75, 3.05) is 16.8 Å². The Morgan fingerprint density at radius 1 is 1.12 bits per heavy atom. The topological polar surface area (TPSA) is 58.6 Å². The lowest BCUT2D eigenvalue weighted by Gasteiger charge is -2.30. The minimum Gasteiger partial charge on any atom is -0.481 e. The van der Waals surface area contributed by atoms with Crippen molar-refractivity contribution in [1.82, 2.24) is 0 Å². The van der Waals surface area contributed by atoms with Crippen LogP contribution in [0.15, 0.2) is 42.5 Å². The number of unbranched alkanes of at least 4 members (excludes halogenated alkanes) is 1. The van der Waals surface area contributed by atoms with Crippen LogP contribution in [0.2, 0.25) is 0 Å². The van der Waals surface area contributed by atoms with Gasteiger partial charge in [0.2, 0.25) is 5.91 Å². The molecule has 0 bridgehead atoms. The molecule has 6 heteroatoms. The summed E-state index contributed by atoms with van der Waals surface area (Å²) in [5.41, 5.74) is 2.16. The summed E-state index contributed by atoms with van der Waals surface area (Å²) in [4.78, 5) is 26.9. The Bertz CT molecular complexity index is 952. The van der Waals surface area contributed by atoms with Crippen LogP contribution in [0, 0.1) is 17.7 Å². The first-order valence-corrected chi connectivity index (χ1v) is 11.7. The number of benzene rings is 2. The summed E-state index contributed by atoms with van der Waals surface area (Å²) in [6.07, 6.45) is 7.94. The van der Waals surface area contributed by atoms with Crippen molar-refractivity contribution in [2.24, 2.45) is 11.8 Å². The zero-order valence-corrected chi connectivity index (χ0v) is 18.6. The third-order valence-electron chi connectivity index (χ3n) is 6.61. The molecule has 2 amide bonds. The van der Waals surface area contributed by atoms with Crippen molar-refractivity contribution in [1.29, 1.82) is 0 Å². The Hall–Kier alpha value is -2.89. The number of nitrogens with one attached hydrogen (secondary N) is 1. The molecular formula is C26H31FN2O3. The fourth-order valence-electron chi connectivity index (χ4n) is 4.68. The van der Waals surface area contributed by atoms with Gasteiger partial charge in [-0.2, -0.15) is 0 Å². The number of fused-ring (bicyclic) bond motifs is 1. The molecule has 0 saturated heterocycles. The first-order chi connectivity index (χ1) is 15.5. The van der Waals surface area contributed by atoms with Gasteiger partial charge < -0.3 is 15.0 Å². The second-order valence-corrected chi connectivity index (χ2v) is 8.93. The second kappa shape index (κ2) is 10.2. The number of anilines is 2. The molecule has 1 aliphatic heterocycles. The van der Waals surface area contributed by atoms with E-state index in [9.17, 15) is 14.0 Å². The van der Waals surface area contributed by atoms with E-state index in [-0.39, 0.29) is 30.2 Å². The quantitative estimate of drug-likeness (QED) is 0.604. The van der Waals surface area contributed by atoms with Gasteiger partial charge in [0, 0.05) is 17.7 Å². The zero-order valence-electron chi connectivity index (χ0n) is 18.6. The molecular weight excluding hydrogens is 407 g/mol. The van der Waals surface area contributed by atoms with Crippen molar-refractivity contribution < 1.29 is 18.7 Å². The van der Waals surface area contributed by atoms with Gasteiger partial charge in [-0.25, -0.2) is 4.39 Å². The minimum absolute atomic E-state index is 0.0568. The normalized spacial score (nSPS) is 20.4. The summed E-state index contributed by atoms with van der Waals surface area (Å²) < 4.78 is 18.8. The van der Waals surface area contributed by atoms with Gasteiger partial charge in [0.15, 0.2) is 6.61 Å². The predicted molar refractivity (Wildman–Crippen MR) is 123 cm³/mol. The van der Waals surface area contributed by atoms with E-state index in [0.717, 1.165) is 37.2 Å². The third-order valence-corrected chi connectivity index (χ3v) is 6.61. The molecule has 5 nitrogen and oxygen atoms in total. The molecule has 170 valence electrons. The number of hydrogen-bond donors (Lipinski definition) is 1. The van der Waals surface area contributed by atoms with Crippen LogP contribution in [0.4, 0.5) is 15.8 Å². The van der Waals surface area contributed by atoms with Gasteiger partial charge in [-0.15, -0.1) is 0 Å². The van der Waals surface area contributed by atoms with Crippen LogP contribution < -0.4 is 15.0 Å². The molecule has 1 heterocycles. The Balaban J connectivity index is 1.39. The maximum absolute atomic E-state index is 13.2. The molecule has 32 heavy (non-hydrogen) atoms. The third kappa shape index (κ3) is 5.29. The predicted octanol–water partition coefficient (Wildman–Crippen LogP) is 5.69. The molecule has 1 fully saturated rings. The van der Waals surface area contributed by atoms with Crippen LogP contribution in [0.5, 0.6) is 5.75 Å². The lowest BCUT2D eigenvalue weighted by Crippen LogP contribution is -2.38. The van der Waals surface area contributed by atoms with Crippen molar-refractivity contribution in [3.8, 4) is 5.75 Å². The number of carbonyl (C=O) groups excluding carboxylic acids is 2. The second-order valence-electron chi connectivity index (χ2n) is 8.93. The van der Waals surface area contributed by atoms with E-state index in [1.807, 2.05) is 6.07 Å². The average Bonchev–Trinajstić information content (AvgIpc) is 2.81. The van der Waals surface area contributed by atoms with Gasteiger partial charge in [0.25, 0.3) is 5.91 Å². The van der Waals surface area contributed by atoms with Crippen LogP contribution in [0.25, 0.3) is 0 Å². The van der Waals surface area contributed by atoms with E-state index in [0.29, 0.717) is 23.7 Å². The highest BCUT2D eigenvalue weighted by Crippen LogP contribution is 2.37. The van der Waals surface area contributed by atoms with Crippen LogP contribution in [-0.2, 0) is 16.1 Å². The number of nitrogens with zero attached hydrogens (tertiary/aromatic N) is 1. The van der Waals surface area contributed by atoms with Crippen LogP contribution in [0.3, 0.4) is 0 Å². The largest absolute Gasteiger partial charge is 0.481 e. The van der Waals surface area contributed by atoms with E-state index < -0.39 is 0 Å². The van der Waals surface area contributed by atoms with Gasteiger partial charge in [0.05, 0.1) is 12.2 Å². The Kier molecular flexibility index (Phi) is 7.08. The van der Waals surface area contributed by atoms with Crippen molar-refractivity contribution >= 4 is 23.2 Å². The summed E-state index contributed by atoms with van der Waals surface area (Å²) >= 11 is 0. The number of ether oxygens (including phenoxy) is 1.